The Morgan fingerprint density at radius 3 is 2.68 bits per heavy atom. The van der Waals surface area contributed by atoms with Gasteiger partial charge in [0.25, 0.3) is 0 Å². The summed E-state index contributed by atoms with van der Waals surface area (Å²) in [6.07, 6.45) is 5.44. The molecular weight excluding hydrogens is 346 g/mol. The van der Waals surface area contributed by atoms with E-state index in [2.05, 4.69) is 60.0 Å². The third-order valence-electron chi connectivity index (χ3n) is 5.93. The van der Waals surface area contributed by atoms with Crippen molar-refractivity contribution in [3.63, 3.8) is 0 Å². The Bertz CT molecular complexity index is 971. The number of benzene rings is 2. The Labute approximate surface area is 166 Å². The molecule has 3 heteroatoms. The first-order valence-electron chi connectivity index (χ1n) is 10.3. The zero-order valence-corrected chi connectivity index (χ0v) is 16.4. The molecule has 3 aromatic rings. The molecular formula is C25H27NO2. The van der Waals surface area contributed by atoms with Crippen LogP contribution in [0.1, 0.15) is 43.0 Å². The third-order valence-corrected chi connectivity index (χ3v) is 5.93. The molecule has 0 bridgehead atoms. The predicted molar refractivity (Wildman–Crippen MR) is 113 cm³/mol. The molecule has 144 valence electrons. The van der Waals surface area contributed by atoms with Crippen molar-refractivity contribution in [1.29, 1.82) is 0 Å². The van der Waals surface area contributed by atoms with Crippen LogP contribution in [0.25, 0.3) is 16.9 Å². The monoisotopic (exact) mass is 373 g/mol. The second kappa shape index (κ2) is 8.05. The van der Waals surface area contributed by atoms with Crippen LogP contribution in [-0.4, -0.2) is 15.6 Å². The lowest BCUT2D eigenvalue weighted by molar-refractivity contribution is -0.136. The van der Waals surface area contributed by atoms with Gasteiger partial charge in [-0.2, -0.15) is 0 Å². The molecule has 1 atom stereocenters. The van der Waals surface area contributed by atoms with Gasteiger partial charge in [-0.1, -0.05) is 55.8 Å². The lowest BCUT2D eigenvalue weighted by Crippen LogP contribution is -2.15. The van der Waals surface area contributed by atoms with Gasteiger partial charge >= 0.3 is 5.97 Å². The van der Waals surface area contributed by atoms with Crippen LogP contribution in [0, 0.1) is 5.92 Å². The Balaban J connectivity index is 1.80. The van der Waals surface area contributed by atoms with Gasteiger partial charge in [0.15, 0.2) is 0 Å². The Morgan fingerprint density at radius 1 is 1.11 bits per heavy atom. The normalized spacial score (nSPS) is 16.0. The molecule has 0 spiro atoms. The van der Waals surface area contributed by atoms with Crippen LogP contribution in [0.5, 0.6) is 0 Å². The van der Waals surface area contributed by atoms with E-state index in [-0.39, 0.29) is 6.42 Å². The molecule has 0 aliphatic heterocycles. The van der Waals surface area contributed by atoms with E-state index in [0.29, 0.717) is 6.42 Å². The van der Waals surface area contributed by atoms with Crippen LogP contribution in [-0.2, 0) is 24.1 Å². The number of nitrogens with zero attached hydrogens (tertiary/aromatic N) is 1. The van der Waals surface area contributed by atoms with Crippen LogP contribution in [0.3, 0.4) is 0 Å². The second-order valence-electron chi connectivity index (χ2n) is 7.78. The summed E-state index contributed by atoms with van der Waals surface area (Å²) in [5.74, 6) is 0.0215. The first kappa shape index (κ1) is 18.5. The molecule has 1 aliphatic carbocycles. The highest BCUT2D eigenvalue weighted by Gasteiger charge is 2.24. The van der Waals surface area contributed by atoms with Crippen LogP contribution in [0.2, 0.25) is 0 Å². The van der Waals surface area contributed by atoms with Gasteiger partial charge in [0.2, 0.25) is 0 Å². The maximum Gasteiger partial charge on any atom is 0.303 e. The molecule has 1 aromatic heterocycles. The van der Waals surface area contributed by atoms with Crippen molar-refractivity contribution < 1.29 is 9.90 Å². The van der Waals surface area contributed by atoms with Gasteiger partial charge in [-0.3, -0.25) is 4.79 Å². The minimum atomic E-state index is -0.751. The highest BCUT2D eigenvalue weighted by atomic mass is 16.4. The number of aliphatic carboxylic acids is 1. The number of fused-ring (bicyclic) bond motifs is 1. The summed E-state index contributed by atoms with van der Waals surface area (Å²) < 4.78 is 2.40. The van der Waals surface area contributed by atoms with E-state index in [1.807, 2.05) is 12.1 Å². The first-order valence-corrected chi connectivity index (χ1v) is 10.3. The number of hydrogen-bond acceptors (Lipinski definition) is 1. The molecule has 1 aliphatic rings. The second-order valence-corrected chi connectivity index (χ2v) is 7.78. The highest BCUT2D eigenvalue weighted by molar-refractivity contribution is 5.68. The van der Waals surface area contributed by atoms with Crippen molar-refractivity contribution >= 4 is 5.97 Å². The fourth-order valence-electron chi connectivity index (χ4n) is 4.37. The largest absolute Gasteiger partial charge is 0.481 e. The average Bonchev–Trinajstić information content (AvgIpc) is 3.11. The third kappa shape index (κ3) is 3.75. The summed E-state index contributed by atoms with van der Waals surface area (Å²) in [4.78, 5) is 11.0. The van der Waals surface area contributed by atoms with E-state index in [1.165, 1.54) is 35.4 Å². The van der Waals surface area contributed by atoms with E-state index in [4.69, 9.17) is 5.11 Å². The number of carboxylic acid groups (broad SMARTS) is 1. The molecule has 0 amide bonds. The van der Waals surface area contributed by atoms with Crippen molar-refractivity contribution in [2.45, 2.75) is 45.4 Å². The lowest BCUT2D eigenvalue weighted by Gasteiger charge is -2.23. The maximum absolute atomic E-state index is 11.0. The number of rotatable bonds is 6. The molecule has 0 saturated heterocycles. The van der Waals surface area contributed by atoms with E-state index in [1.54, 1.807) is 0 Å². The quantitative estimate of drug-likeness (QED) is 0.604. The number of aromatic nitrogens is 1. The molecule has 3 nitrogen and oxygen atoms in total. The number of hydrogen-bond donors (Lipinski definition) is 1. The van der Waals surface area contributed by atoms with Crippen LogP contribution >= 0.6 is 0 Å². The smallest absolute Gasteiger partial charge is 0.303 e. The summed E-state index contributed by atoms with van der Waals surface area (Å²) in [6.45, 7) is 2.29. The van der Waals surface area contributed by atoms with Gasteiger partial charge in [-0.15, -0.1) is 0 Å². The topological polar surface area (TPSA) is 42.2 Å². The van der Waals surface area contributed by atoms with Gasteiger partial charge in [0, 0.05) is 17.8 Å². The predicted octanol–water partition coefficient (Wildman–Crippen LogP) is 5.68. The number of aryl methyl sites for hydroxylation is 1. The molecule has 1 heterocycles. The van der Waals surface area contributed by atoms with E-state index < -0.39 is 5.97 Å². The molecule has 1 N–H and O–H groups in total. The summed E-state index contributed by atoms with van der Waals surface area (Å²) >= 11 is 0. The standard InChI is InChI=1S/C25H27NO2/c1-2-18-11-13-23-21(15-18)17-24(20-8-4-3-5-9-20)26(23)22-10-6-7-19(16-22)12-14-25(27)28/h3-10,16-18H,2,11-15H2,1H3,(H,27,28). The Hall–Kier alpha value is -2.81. The Morgan fingerprint density at radius 2 is 1.93 bits per heavy atom. The first-order chi connectivity index (χ1) is 13.7. The minimum Gasteiger partial charge on any atom is -0.481 e. The average molecular weight is 373 g/mol. The van der Waals surface area contributed by atoms with E-state index in [9.17, 15) is 4.79 Å². The number of carboxylic acids is 1. The molecule has 1 unspecified atom stereocenters. The summed E-state index contributed by atoms with van der Waals surface area (Å²) in [6, 6.07) is 21.3. The van der Waals surface area contributed by atoms with E-state index >= 15 is 0 Å². The van der Waals surface area contributed by atoms with Gasteiger partial charge in [0.1, 0.15) is 0 Å². The van der Waals surface area contributed by atoms with Crippen molar-refractivity contribution in [2.24, 2.45) is 5.92 Å². The highest BCUT2D eigenvalue weighted by Crippen LogP contribution is 2.36. The molecule has 28 heavy (non-hydrogen) atoms. The van der Waals surface area contributed by atoms with Crippen molar-refractivity contribution in [1.82, 2.24) is 4.57 Å². The van der Waals surface area contributed by atoms with Crippen LogP contribution in [0.4, 0.5) is 0 Å². The lowest BCUT2D eigenvalue weighted by atomic mass is 9.86. The van der Waals surface area contributed by atoms with Crippen molar-refractivity contribution in [3.8, 4) is 16.9 Å². The fraction of sp³-hybridized carbons (Fsp3) is 0.320. The van der Waals surface area contributed by atoms with Crippen molar-refractivity contribution in [3.05, 3.63) is 77.5 Å². The van der Waals surface area contributed by atoms with Crippen molar-refractivity contribution in [2.75, 3.05) is 0 Å². The van der Waals surface area contributed by atoms with E-state index in [0.717, 1.165) is 30.0 Å². The maximum atomic E-state index is 11.0. The van der Waals surface area contributed by atoms with Gasteiger partial charge in [-0.25, -0.2) is 0 Å². The van der Waals surface area contributed by atoms with Gasteiger partial charge < -0.3 is 9.67 Å². The summed E-state index contributed by atoms with van der Waals surface area (Å²) in [7, 11) is 0. The molecule has 0 radical (unpaired) electrons. The zero-order valence-electron chi connectivity index (χ0n) is 16.4. The zero-order chi connectivity index (χ0) is 19.5. The summed E-state index contributed by atoms with van der Waals surface area (Å²) in [5.41, 5.74) is 7.55. The summed E-state index contributed by atoms with van der Waals surface area (Å²) in [5, 5.41) is 9.02. The fourth-order valence-corrected chi connectivity index (χ4v) is 4.37. The molecule has 2 aromatic carbocycles. The minimum absolute atomic E-state index is 0.164. The SMILES string of the molecule is CCC1CCc2c(cc(-c3ccccc3)n2-c2cccc(CCC(=O)O)c2)C1. The molecule has 0 saturated carbocycles. The van der Waals surface area contributed by atoms with Crippen LogP contribution < -0.4 is 0 Å². The molecule has 4 rings (SSSR count). The Kier molecular flexibility index (Phi) is 5.34. The van der Waals surface area contributed by atoms with Crippen LogP contribution in [0.15, 0.2) is 60.7 Å². The van der Waals surface area contributed by atoms with Gasteiger partial charge in [-0.05, 0) is 66.5 Å². The van der Waals surface area contributed by atoms with Gasteiger partial charge in [0.05, 0.1) is 5.69 Å². The molecule has 0 fully saturated rings. The number of carbonyl (C=O) groups is 1.